The Kier molecular flexibility index (Phi) is 6.18. The fourth-order valence-electron chi connectivity index (χ4n) is 1.74. The summed E-state index contributed by atoms with van der Waals surface area (Å²) in [6.07, 6.45) is 1.08. The minimum Gasteiger partial charge on any atom is -0.326 e. The van der Waals surface area contributed by atoms with Gasteiger partial charge in [0.15, 0.2) is 0 Å². The molecular weight excluding hydrogens is 254 g/mol. The predicted molar refractivity (Wildman–Crippen MR) is 81.4 cm³/mol. The van der Waals surface area contributed by atoms with Crippen LogP contribution in [-0.2, 0) is 9.59 Å². The van der Waals surface area contributed by atoms with Crippen LogP contribution in [0.4, 0.5) is 11.4 Å². The van der Waals surface area contributed by atoms with Crippen LogP contribution in [0, 0.1) is 5.92 Å². The molecule has 0 heterocycles. The van der Waals surface area contributed by atoms with E-state index in [-0.39, 0.29) is 11.8 Å². The lowest BCUT2D eigenvalue weighted by Crippen LogP contribution is -2.36. The highest BCUT2D eigenvalue weighted by Gasteiger charge is 2.14. The zero-order valence-corrected chi connectivity index (χ0v) is 12.3. The molecule has 0 aliphatic heterocycles. The molecule has 0 unspecified atom stereocenters. The third-order valence-corrected chi connectivity index (χ3v) is 2.82. The van der Waals surface area contributed by atoms with Crippen molar-refractivity contribution in [2.24, 2.45) is 11.7 Å². The molecule has 2 amide bonds. The Balaban J connectivity index is 2.56. The van der Waals surface area contributed by atoms with Crippen molar-refractivity contribution in [3.63, 3.8) is 0 Å². The van der Waals surface area contributed by atoms with Crippen molar-refractivity contribution >= 4 is 23.2 Å². The summed E-state index contributed by atoms with van der Waals surface area (Å²) < 4.78 is 0. The third kappa shape index (κ3) is 5.40. The summed E-state index contributed by atoms with van der Waals surface area (Å²) in [5.41, 5.74) is 7.19. The minimum absolute atomic E-state index is 0.0410. The van der Waals surface area contributed by atoms with E-state index in [0.717, 1.165) is 0 Å². The maximum Gasteiger partial charge on any atom is 0.241 e. The summed E-state index contributed by atoms with van der Waals surface area (Å²) >= 11 is 0. The summed E-state index contributed by atoms with van der Waals surface area (Å²) in [6.45, 7) is 5.84. The molecule has 0 bridgehead atoms. The molecule has 0 saturated carbocycles. The number of nitrogens with two attached hydrogens (primary N) is 1. The molecular formula is C15H23N3O2. The topological polar surface area (TPSA) is 84.2 Å². The van der Waals surface area contributed by atoms with Crippen molar-refractivity contribution in [1.29, 1.82) is 0 Å². The van der Waals surface area contributed by atoms with Crippen molar-refractivity contribution < 1.29 is 9.59 Å². The van der Waals surface area contributed by atoms with E-state index in [9.17, 15) is 9.59 Å². The first-order valence-electron chi connectivity index (χ1n) is 6.88. The van der Waals surface area contributed by atoms with Gasteiger partial charge in [-0.25, -0.2) is 0 Å². The van der Waals surface area contributed by atoms with Crippen molar-refractivity contribution in [3.8, 4) is 0 Å². The largest absolute Gasteiger partial charge is 0.326 e. The molecule has 0 saturated heterocycles. The number of carbonyl (C=O) groups is 2. The number of benzene rings is 1. The first kappa shape index (κ1) is 16.2. The van der Waals surface area contributed by atoms with Crippen LogP contribution in [0.3, 0.4) is 0 Å². The van der Waals surface area contributed by atoms with E-state index < -0.39 is 6.04 Å². The van der Waals surface area contributed by atoms with Crippen molar-refractivity contribution in [2.45, 2.75) is 39.7 Å². The third-order valence-electron chi connectivity index (χ3n) is 2.82. The fourth-order valence-corrected chi connectivity index (χ4v) is 1.74. The van der Waals surface area contributed by atoms with E-state index in [1.807, 2.05) is 13.8 Å². The number of rotatable bonds is 6. The second kappa shape index (κ2) is 7.65. The fraction of sp³-hybridized carbons (Fsp3) is 0.467. The molecule has 5 nitrogen and oxygen atoms in total. The lowest BCUT2D eigenvalue weighted by Gasteiger charge is -2.14. The van der Waals surface area contributed by atoms with Crippen molar-refractivity contribution in [2.75, 3.05) is 10.6 Å². The molecule has 20 heavy (non-hydrogen) atoms. The number of nitrogens with one attached hydrogen (secondary N) is 2. The van der Waals surface area contributed by atoms with Gasteiger partial charge in [0, 0.05) is 17.8 Å². The highest BCUT2D eigenvalue weighted by molar-refractivity contribution is 5.95. The molecule has 1 atom stereocenters. The second-order valence-electron chi connectivity index (χ2n) is 5.20. The maximum atomic E-state index is 11.9. The summed E-state index contributed by atoms with van der Waals surface area (Å²) in [5.74, 6) is 0.146. The monoisotopic (exact) mass is 277 g/mol. The Morgan fingerprint density at radius 2 is 1.60 bits per heavy atom. The summed E-state index contributed by atoms with van der Waals surface area (Å²) in [7, 11) is 0. The first-order valence-corrected chi connectivity index (χ1v) is 6.88. The molecule has 0 fully saturated rings. The lowest BCUT2D eigenvalue weighted by molar-refractivity contribution is -0.118. The number of carbonyl (C=O) groups excluding carboxylic acids is 2. The molecule has 0 aliphatic rings. The van der Waals surface area contributed by atoms with Crippen LogP contribution in [0.1, 0.15) is 33.6 Å². The van der Waals surface area contributed by atoms with E-state index in [1.54, 1.807) is 31.2 Å². The molecule has 4 N–H and O–H groups in total. The molecule has 0 spiro atoms. The molecule has 0 aliphatic carbocycles. The second-order valence-corrected chi connectivity index (χ2v) is 5.20. The van der Waals surface area contributed by atoms with Crippen LogP contribution in [-0.4, -0.2) is 17.9 Å². The number of anilines is 2. The normalized spacial score (nSPS) is 12.1. The van der Waals surface area contributed by atoms with Gasteiger partial charge in [-0.3, -0.25) is 9.59 Å². The van der Waals surface area contributed by atoms with Gasteiger partial charge in [-0.15, -0.1) is 0 Å². The van der Waals surface area contributed by atoms with Gasteiger partial charge in [0.1, 0.15) is 0 Å². The lowest BCUT2D eigenvalue weighted by atomic mass is 10.0. The Bertz CT molecular complexity index is 455. The molecule has 1 aromatic carbocycles. The van der Waals surface area contributed by atoms with E-state index in [1.165, 1.54) is 0 Å². The summed E-state index contributed by atoms with van der Waals surface area (Å²) in [5, 5.41) is 5.51. The number of hydrogen-bond donors (Lipinski definition) is 3. The maximum absolute atomic E-state index is 11.9. The highest BCUT2D eigenvalue weighted by Crippen LogP contribution is 2.14. The Labute approximate surface area is 119 Å². The van der Waals surface area contributed by atoms with Crippen LogP contribution in [0.15, 0.2) is 24.3 Å². The van der Waals surface area contributed by atoms with Gasteiger partial charge >= 0.3 is 0 Å². The quantitative estimate of drug-likeness (QED) is 0.746. The van der Waals surface area contributed by atoms with Gasteiger partial charge in [-0.05, 0) is 36.6 Å². The van der Waals surface area contributed by atoms with Crippen molar-refractivity contribution in [3.05, 3.63) is 24.3 Å². The Morgan fingerprint density at radius 1 is 1.10 bits per heavy atom. The van der Waals surface area contributed by atoms with Gasteiger partial charge in [0.05, 0.1) is 6.04 Å². The molecule has 0 aromatic heterocycles. The highest BCUT2D eigenvalue weighted by atomic mass is 16.2. The van der Waals surface area contributed by atoms with E-state index in [0.29, 0.717) is 30.1 Å². The van der Waals surface area contributed by atoms with E-state index >= 15 is 0 Å². The van der Waals surface area contributed by atoms with Crippen LogP contribution < -0.4 is 16.4 Å². The van der Waals surface area contributed by atoms with Gasteiger partial charge in [-0.1, -0.05) is 20.8 Å². The Morgan fingerprint density at radius 3 is 2.05 bits per heavy atom. The first-order chi connectivity index (χ1) is 9.42. The van der Waals surface area contributed by atoms with Crippen LogP contribution in [0.2, 0.25) is 0 Å². The molecule has 0 radical (unpaired) electrons. The summed E-state index contributed by atoms with van der Waals surface area (Å²) in [4.78, 5) is 23.1. The zero-order valence-electron chi connectivity index (χ0n) is 12.3. The molecule has 1 rings (SSSR count). The van der Waals surface area contributed by atoms with E-state index in [4.69, 9.17) is 5.73 Å². The average Bonchev–Trinajstić information content (AvgIpc) is 2.40. The van der Waals surface area contributed by atoms with Gasteiger partial charge < -0.3 is 16.4 Å². The van der Waals surface area contributed by atoms with Crippen molar-refractivity contribution in [1.82, 2.24) is 0 Å². The summed E-state index contributed by atoms with van der Waals surface area (Å²) in [6, 6.07) is 6.47. The smallest absolute Gasteiger partial charge is 0.241 e. The minimum atomic E-state index is -0.505. The zero-order chi connectivity index (χ0) is 15.1. The number of hydrogen-bond acceptors (Lipinski definition) is 3. The molecule has 5 heteroatoms. The molecule has 110 valence electrons. The van der Waals surface area contributed by atoms with Crippen LogP contribution in [0.5, 0.6) is 0 Å². The number of amides is 2. The average molecular weight is 277 g/mol. The van der Waals surface area contributed by atoms with Gasteiger partial charge in [0.25, 0.3) is 0 Å². The Hall–Kier alpha value is -1.88. The standard InChI is InChI=1S/C15H23N3O2/c1-4-14(19)17-11-5-7-12(8-6-11)18-15(20)13(16)9-10(2)3/h5-8,10,13H,4,9,16H2,1-3H3,(H,17,19)(H,18,20)/t13-/m1/s1. The van der Waals surface area contributed by atoms with Crippen LogP contribution in [0.25, 0.3) is 0 Å². The van der Waals surface area contributed by atoms with Gasteiger partial charge in [0.2, 0.25) is 11.8 Å². The SMILES string of the molecule is CCC(=O)Nc1ccc(NC(=O)[C@H](N)CC(C)C)cc1. The van der Waals surface area contributed by atoms with E-state index in [2.05, 4.69) is 10.6 Å². The molecule has 1 aromatic rings. The van der Waals surface area contributed by atoms with Gasteiger partial charge in [-0.2, -0.15) is 0 Å². The predicted octanol–water partition coefficient (Wildman–Crippen LogP) is 2.35. The van der Waals surface area contributed by atoms with Crippen LogP contribution >= 0.6 is 0 Å².